The van der Waals surface area contributed by atoms with Gasteiger partial charge in [0.2, 0.25) is 0 Å². The van der Waals surface area contributed by atoms with Gasteiger partial charge in [0.1, 0.15) is 5.84 Å². The first-order valence-electron chi connectivity index (χ1n) is 11.3. The maximum Gasteiger partial charge on any atom is 0.341 e. The number of aryl methyl sites for hydroxylation is 1. The first-order valence-corrected chi connectivity index (χ1v) is 11.3. The third kappa shape index (κ3) is 3.83. The van der Waals surface area contributed by atoms with Crippen molar-refractivity contribution in [2.75, 3.05) is 19.0 Å². The molecule has 34 heavy (non-hydrogen) atoms. The standard InChI is InChI=1S/C27H27N3O4/c1-33-23-13-16(8-11-22(23)34-14-24(31)32)26-19-9-6-15-4-2-3-5-18(15)25(19)20-12-17(27(28)29)7-10-21(20)30-26/h2-5,7-8,10-13,19,25-26,30H,6,9,14H2,1H3,(H3,28,29)(H,31,32). The van der Waals surface area contributed by atoms with Crippen LogP contribution in [0.25, 0.3) is 0 Å². The first kappa shape index (κ1) is 21.8. The van der Waals surface area contributed by atoms with Crippen LogP contribution >= 0.6 is 0 Å². The van der Waals surface area contributed by atoms with E-state index < -0.39 is 12.6 Å². The van der Waals surface area contributed by atoms with Gasteiger partial charge in [-0.15, -0.1) is 0 Å². The van der Waals surface area contributed by atoms with Crippen LogP contribution in [-0.2, 0) is 11.2 Å². The van der Waals surface area contributed by atoms with Crippen molar-refractivity contribution in [3.05, 3.63) is 88.5 Å². The number of amidine groups is 1. The number of carbonyl (C=O) groups is 1. The Kier molecular flexibility index (Phi) is 5.61. The quantitative estimate of drug-likeness (QED) is 0.324. The molecule has 0 aromatic heterocycles. The van der Waals surface area contributed by atoms with Crippen LogP contribution in [-0.4, -0.2) is 30.6 Å². The Morgan fingerprint density at radius 1 is 1.12 bits per heavy atom. The van der Waals surface area contributed by atoms with Gasteiger partial charge >= 0.3 is 5.97 Å². The molecular weight excluding hydrogens is 430 g/mol. The molecule has 174 valence electrons. The molecule has 0 saturated heterocycles. The van der Waals surface area contributed by atoms with Crippen molar-refractivity contribution >= 4 is 17.5 Å². The predicted octanol–water partition coefficient (Wildman–Crippen LogP) is 4.30. The summed E-state index contributed by atoms with van der Waals surface area (Å²) in [6, 6.07) is 20.2. The second-order valence-corrected chi connectivity index (χ2v) is 8.81. The minimum Gasteiger partial charge on any atom is -0.493 e. The van der Waals surface area contributed by atoms with Crippen molar-refractivity contribution in [3.8, 4) is 11.5 Å². The molecule has 1 heterocycles. The second-order valence-electron chi connectivity index (χ2n) is 8.81. The van der Waals surface area contributed by atoms with E-state index in [0.717, 1.165) is 35.2 Å². The van der Waals surface area contributed by atoms with Gasteiger partial charge in [-0.05, 0) is 71.3 Å². The van der Waals surface area contributed by atoms with Crippen molar-refractivity contribution in [1.29, 1.82) is 5.41 Å². The highest BCUT2D eigenvalue weighted by Gasteiger charge is 2.41. The lowest BCUT2D eigenvalue weighted by Crippen LogP contribution is -2.35. The molecule has 0 radical (unpaired) electrons. The van der Waals surface area contributed by atoms with Gasteiger partial charge in [0.25, 0.3) is 0 Å². The zero-order chi connectivity index (χ0) is 23.8. The monoisotopic (exact) mass is 457 g/mol. The summed E-state index contributed by atoms with van der Waals surface area (Å²) in [6.45, 7) is -0.426. The fourth-order valence-electron chi connectivity index (χ4n) is 5.40. The summed E-state index contributed by atoms with van der Waals surface area (Å²) in [4.78, 5) is 10.9. The Labute approximate surface area is 198 Å². The summed E-state index contributed by atoms with van der Waals surface area (Å²) in [6.07, 6.45) is 2.00. The van der Waals surface area contributed by atoms with Crippen LogP contribution in [0.1, 0.15) is 46.2 Å². The maximum absolute atomic E-state index is 10.9. The number of rotatable bonds is 6. The summed E-state index contributed by atoms with van der Waals surface area (Å²) in [7, 11) is 1.55. The Morgan fingerprint density at radius 3 is 2.71 bits per heavy atom. The lowest BCUT2D eigenvalue weighted by Gasteiger charge is -2.45. The Morgan fingerprint density at radius 2 is 1.94 bits per heavy atom. The number of carboxylic acids is 1. The zero-order valence-corrected chi connectivity index (χ0v) is 18.9. The van der Waals surface area contributed by atoms with E-state index >= 15 is 0 Å². The molecule has 1 aliphatic carbocycles. The molecular formula is C27H27N3O4. The number of carboxylic acid groups (broad SMARTS) is 1. The molecule has 3 atom stereocenters. The minimum atomic E-state index is -1.04. The minimum absolute atomic E-state index is 0.0245. The van der Waals surface area contributed by atoms with E-state index in [1.54, 1.807) is 13.2 Å². The van der Waals surface area contributed by atoms with Crippen molar-refractivity contribution in [2.24, 2.45) is 11.7 Å². The normalized spacial score (nSPS) is 20.2. The van der Waals surface area contributed by atoms with Gasteiger partial charge in [-0.2, -0.15) is 0 Å². The summed E-state index contributed by atoms with van der Waals surface area (Å²) in [5, 5.41) is 20.6. The van der Waals surface area contributed by atoms with Crippen LogP contribution in [0.5, 0.6) is 11.5 Å². The highest BCUT2D eigenvalue weighted by atomic mass is 16.5. The van der Waals surface area contributed by atoms with Crippen molar-refractivity contribution < 1.29 is 19.4 Å². The van der Waals surface area contributed by atoms with E-state index in [4.69, 9.17) is 25.7 Å². The molecule has 5 N–H and O–H groups in total. The van der Waals surface area contributed by atoms with Crippen LogP contribution in [0.4, 0.5) is 5.69 Å². The number of aliphatic carboxylic acids is 1. The van der Waals surface area contributed by atoms with Gasteiger partial charge in [0, 0.05) is 17.2 Å². The van der Waals surface area contributed by atoms with Gasteiger partial charge in [-0.3, -0.25) is 5.41 Å². The van der Waals surface area contributed by atoms with E-state index in [2.05, 4.69) is 29.6 Å². The number of hydrogen-bond acceptors (Lipinski definition) is 5. The largest absolute Gasteiger partial charge is 0.493 e. The van der Waals surface area contributed by atoms with Gasteiger partial charge in [-0.25, -0.2) is 4.79 Å². The number of fused-ring (bicyclic) bond motifs is 5. The molecule has 3 unspecified atom stereocenters. The topological polar surface area (TPSA) is 118 Å². The second kappa shape index (κ2) is 8.74. The average Bonchev–Trinajstić information content (AvgIpc) is 2.86. The Balaban J connectivity index is 1.59. The van der Waals surface area contributed by atoms with E-state index in [9.17, 15) is 4.79 Å². The molecule has 7 heteroatoms. The maximum atomic E-state index is 10.9. The molecule has 3 aromatic carbocycles. The molecule has 0 spiro atoms. The molecule has 0 saturated carbocycles. The number of nitrogen functional groups attached to an aromatic ring is 1. The van der Waals surface area contributed by atoms with E-state index in [1.807, 2.05) is 30.3 Å². The first-order chi connectivity index (χ1) is 16.5. The van der Waals surface area contributed by atoms with Crippen molar-refractivity contribution in [1.82, 2.24) is 0 Å². The molecule has 2 aliphatic rings. The number of anilines is 1. The highest BCUT2D eigenvalue weighted by molar-refractivity contribution is 5.95. The number of ether oxygens (including phenoxy) is 2. The van der Waals surface area contributed by atoms with Crippen LogP contribution in [0, 0.1) is 11.3 Å². The molecule has 1 aliphatic heterocycles. The van der Waals surface area contributed by atoms with Gasteiger partial charge in [0.05, 0.1) is 13.2 Å². The molecule has 0 amide bonds. The molecule has 3 aromatic rings. The number of nitrogens with two attached hydrogens (primary N) is 1. The van der Waals surface area contributed by atoms with Crippen LogP contribution in [0.2, 0.25) is 0 Å². The van der Waals surface area contributed by atoms with E-state index in [-0.39, 0.29) is 23.7 Å². The summed E-state index contributed by atoms with van der Waals surface area (Å²) in [5.74, 6) is 0.379. The zero-order valence-electron chi connectivity index (χ0n) is 18.9. The van der Waals surface area contributed by atoms with Gasteiger partial charge < -0.3 is 25.6 Å². The molecule has 5 rings (SSSR count). The third-order valence-corrected chi connectivity index (χ3v) is 6.90. The van der Waals surface area contributed by atoms with Crippen molar-refractivity contribution in [2.45, 2.75) is 24.8 Å². The summed E-state index contributed by atoms with van der Waals surface area (Å²) >= 11 is 0. The van der Waals surface area contributed by atoms with Crippen LogP contribution in [0.3, 0.4) is 0 Å². The number of benzene rings is 3. The predicted molar refractivity (Wildman–Crippen MR) is 130 cm³/mol. The Hall–Kier alpha value is -4.00. The Bertz CT molecular complexity index is 1270. The fourth-order valence-corrected chi connectivity index (χ4v) is 5.40. The highest BCUT2D eigenvalue weighted by Crippen LogP contribution is 2.53. The van der Waals surface area contributed by atoms with Gasteiger partial charge in [0.15, 0.2) is 18.1 Å². The molecule has 0 bridgehead atoms. The van der Waals surface area contributed by atoms with E-state index in [0.29, 0.717) is 11.5 Å². The molecule has 0 fully saturated rings. The third-order valence-electron chi connectivity index (χ3n) is 6.90. The fraction of sp³-hybridized carbons (Fsp3) is 0.259. The lowest BCUT2D eigenvalue weighted by molar-refractivity contribution is -0.139. The average molecular weight is 458 g/mol. The number of hydrogen-bond donors (Lipinski definition) is 4. The van der Waals surface area contributed by atoms with Gasteiger partial charge in [-0.1, -0.05) is 30.3 Å². The molecule has 7 nitrogen and oxygen atoms in total. The smallest absolute Gasteiger partial charge is 0.341 e. The number of methoxy groups -OCH3 is 1. The lowest BCUT2D eigenvalue weighted by atomic mass is 9.65. The summed E-state index contributed by atoms with van der Waals surface area (Å²) in [5.41, 5.74) is 12.5. The SMILES string of the molecule is COc1cc(C2Nc3ccc(C(=N)N)cc3C3c4ccccc4CCC23)ccc1OCC(=O)O. The van der Waals surface area contributed by atoms with Crippen LogP contribution in [0.15, 0.2) is 60.7 Å². The summed E-state index contributed by atoms with van der Waals surface area (Å²) < 4.78 is 10.9. The van der Waals surface area contributed by atoms with E-state index in [1.165, 1.54) is 11.1 Å². The van der Waals surface area contributed by atoms with Crippen LogP contribution < -0.4 is 20.5 Å². The number of nitrogens with one attached hydrogen (secondary N) is 2. The van der Waals surface area contributed by atoms with Crippen molar-refractivity contribution in [3.63, 3.8) is 0 Å².